The second kappa shape index (κ2) is 9.78. The van der Waals surface area contributed by atoms with Crippen LogP contribution in [0.4, 0.5) is 9.59 Å². The molecular weight excluding hydrogens is 461 g/mol. The molecule has 0 bridgehead atoms. The number of aromatic amines is 1. The van der Waals surface area contributed by atoms with E-state index in [9.17, 15) is 9.59 Å². The van der Waals surface area contributed by atoms with Crippen LogP contribution in [-0.2, 0) is 14.0 Å². The lowest BCUT2D eigenvalue weighted by molar-refractivity contribution is 0.00578. The number of nitrogens with zero attached hydrogens (tertiary/aromatic N) is 3. The zero-order valence-electron chi connectivity index (χ0n) is 22.1. The Morgan fingerprint density at radius 1 is 1.19 bits per heavy atom. The molecule has 11 heteroatoms. The van der Waals surface area contributed by atoms with Gasteiger partial charge < -0.3 is 23.9 Å². The number of methoxy groups -OCH3 is 1. The number of hydrazine groups is 1. The van der Waals surface area contributed by atoms with Crippen molar-refractivity contribution >= 4 is 24.7 Å². The maximum atomic E-state index is 13.3. The van der Waals surface area contributed by atoms with Crippen LogP contribution in [0.1, 0.15) is 66.3 Å². The number of carbonyl (C=O) groups is 2. The molecule has 36 heavy (non-hydrogen) atoms. The average molecular weight is 497 g/mol. The molecule has 194 valence electrons. The monoisotopic (exact) mass is 497 g/mol. The Morgan fingerprint density at radius 3 is 2.42 bits per heavy atom. The summed E-state index contributed by atoms with van der Waals surface area (Å²) in [6.07, 6.45) is 2.73. The fraction of sp³-hybridized carbons (Fsp3) is 0.560. The molecule has 0 saturated carbocycles. The number of benzene rings is 1. The van der Waals surface area contributed by atoms with Gasteiger partial charge in [0, 0.05) is 12.6 Å². The summed E-state index contributed by atoms with van der Waals surface area (Å²) in [4.78, 5) is 34.7. The molecule has 2 aromatic rings. The number of nitrogens with one attached hydrogen (secondary N) is 2. The molecule has 2 aliphatic heterocycles. The second-order valence-electron chi connectivity index (χ2n) is 10.6. The lowest BCUT2D eigenvalue weighted by Crippen LogP contribution is -2.54. The predicted octanol–water partition coefficient (Wildman–Crippen LogP) is 3.61. The van der Waals surface area contributed by atoms with E-state index in [1.54, 1.807) is 11.1 Å². The first kappa shape index (κ1) is 26.0. The topological polar surface area (TPSA) is 109 Å². The molecule has 1 aromatic carbocycles. The van der Waals surface area contributed by atoms with Crippen LogP contribution in [-0.4, -0.2) is 70.0 Å². The van der Waals surface area contributed by atoms with Crippen molar-refractivity contribution in [3.05, 3.63) is 36.3 Å². The van der Waals surface area contributed by atoms with Crippen LogP contribution < -0.4 is 10.9 Å². The van der Waals surface area contributed by atoms with Crippen LogP contribution in [0.15, 0.2) is 30.5 Å². The van der Waals surface area contributed by atoms with Gasteiger partial charge in [-0.05, 0) is 65.4 Å². The van der Waals surface area contributed by atoms with Crippen molar-refractivity contribution < 1.29 is 23.6 Å². The van der Waals surface area contributed by atoms with Gasteiger partial charge in [0.1, 0.15) is 5.82 Å². The van der Waals surface area contributed by atoms with E-state index in [0.29, 0.717) is 12.4 Å². The smallest absolute Gasteiger partial charge is 0.452 e. The number of H-pyrrole nitrogens is 1. The van der Waals surface area contributed by atoms with E-state index in [4.69, 9.17) is 9.31 Å². The number of urea groups is 1. The van der Waals surface area contributed by atoms with Gasteiger partial charge >= 0.3 is 19.2 Å². The third-order valence-corrected chi connectivity index (χ3v) is 7.28. The fourth-order valence-electron chi connectivity index (χ4n) is 4.41. The van der Waals surface area contributed by atoms with E-state index in [2.05, 4.69) is 20.1 Å². The molecule has 0 radical (unpaired) electrons. The van der Waals surface area contributed by atoms with Crippen molar-refractivity contribution in [1.82, 2.24) is 25.3 Å². The highest BCUT2D eigenvalue weighted by molar-refractivity contribution is 6.62. The molecule has 2 aliphatic rings. The van der Waals surface area contributed by atoms with Crippen molar-refractivity contribution in [2.75, 3.05) is 13.7 Å². The number of hydrogen-bond donors (Lipinski definition) is 2. The van der Waals surface area contributed by atoms with E-state index < -0.39 is 24.4 Å². The number of hydrogen-bond acceptors (Lipinski definition) is 6. The fourth-order valence-corrected chi connectivity index (χ4v) is 4.41. The van der Waals surface area contributed by atoms with Crippen molar-refractivity contribution in [1.29, 1.82) is 0 Å². The van der Waals surface area contributed by atoms with Crippen molar-refractivity contribution in [3.8, 4) is 11.3 Å². The average Bonchev–Trinajstić information content (AvgIpc) is 3.54. The summed E-state index contributed by atoms with van der Waals surface area (Å²) in [6.45, 7) is 12.4. The van der Waals surface area contributed by atoms with Gasteiger partial charge in [0.25, 0.3) is 0 Å². The van der Waals surface area contributed by atoms with Crippen LogP contribution in [0.3, 0.4) is 0 Å². The number of aromatic nitrogens is 2. The summed E-state index contributed by atoms with van der Waals surface area (Å²) in [5, 5.41) is 1.29. The Labute approximate surface area is 212 Å². The van der Waals surface area contributed by atoms with Gasteiger partial charge in [-0.25, -0.2) is 25.0 Å². The standard InChI is InChI=1S/C25H36BN5O5/c1-16(2)31(29-22(32)34-7)23(33)30-14-8-9-20(30)21-27-15-19(28-21)17-10-12-18(13-11-17)26-35-24(3,4)25(5,6)36-26/h10-13,15-16,20H,8-9,14H2,1-7H3,(H,27,28)(H,29,32). The number of ether oxygens (including phenoxy) is 1. The quantitative estimate of drug-likeness (QED) is 0.494. The van der Waals surface area contributed by atoms with Crippen LogP contribution in [0.5, 0.6) is 0 Å². The molecule has 0 aliphatic carbocycles. The minimum atomic E-state index is -0.683. The van der Waals surface area contributed by atoms with Crippen molar-refractivity contribution in [2.45, 2.75) is 77.7 Å². The maximum absolute atomic E-state index is 13.3. The normalized spacial score (nSPS) is 20.6. The van der Waals surface area contributed by atoms with Gasteiger partial charge in [0.2, 0.25) is 0 Å². The first-order valence-electron chi connectivity index (χ1n) is 12.4. The summed E-state index contributed by atoms with van der Waals surface area (Å²) in [7, 11) is 0.852. The third-order valence-electron chi connectivity index (χ3n) is 7.28. The molecule has 3 amide bonds. The summed E-state index contributed by atoms with van der Waals surface area (Å²) in [5.74, 6) is 0.715. The highest BCUT2D eigenvalue weighted by Crippen LogP contribution is 2.37. The Bertz CT molecular complexity index is 1080. The van der Waals surface area contributed by atoms with Crippen molar-refractivity contribution in [3.63, 3.8) is 0 Å². The van der Waals surface area contributed by atoms with Crippen molar-refractivity contribution in [2.24, 2.45) is 0 Å². The van der Waals surface area contributed by atoms with Gasteiger partial charge in [0.05, 0.1) is 36.2 Å². The van der Waals surface area contributed by atoms with Crippen LogP contribution >= 0.6 is 0 Å². The van der Waals surface area contributed by atoms with Gasteiger partial charge in [-0.15, -0.1) is 0 Å². The lowest BCUT2D eigenvalue weighted by Gasteiger charge is -2.33. The summed E-state index contributed by atoms with van der Waals surface area (Å²) in [5.41, 5.74) is 4.52. The first-order chi connectivity index (χ1) is 16.9. The Kier molecular flexibility index (Phi) is 7.07. The minimum absolute atomic E-state index is 0.212. The molecule has 1 unspecified atom stereocenters. The number of rotatable bonds is 4. The van der Waals surface area contributed by atoms with E-state index >= 15 is 0 Å². The van der Waals surface area contributed by atoms with E-state index in [1.165, 1.54) is 12.1 Å². The zero-order chi connectivity index (χ0) is 26.3. The molecule has 2 N–H and O–H groups in total. The Balaban J connectivity index is 1.48. The molecule has 10 nitrogen and oxygen atoms in total. The maximum Gasteiger partial charge on any atom is 0.494 e. The van der Waals surface area contributed by atoms with E-state index in [-0.39, 0.29) is 18.1 Å². The summed E-state index contributed by atoms with van der Waals surface area (Å²) < 4.78 is 17.0. The SMILES string of the molecule is COC(=O)NN(C(=O)N1CCCC1c1ncc(-c2ccc(B3OC(C)(C)C(C)(C)O3)cc2)[nH]1)C(C)C. The Morgan fingerprint density at radius 2 is 1.83 bits per heavy atom. The van der Waals surface area contributed by atoms with E-state index in [0.717, 1.165) is 29.6 Å². The molecular formula is C25H36BN5O5. The number of imidazole rings is 1. The van der Waals surface area contributed by atoms with Crippen LogP contribution in [0.2, 0.25) is 0 Å². The summed E-state index contributed by atoms with van der Waals surface area (Å²) in [6, 6.07) is 7.28. The molecule has 2 saturated heterocycles. The molecule has 2 fully saturated rings. The first-order valence-corrected chi connectivity index (χ1v) is 12.4. The molecule has 1 aromatic heterocycles. The highest BCUT2D eigenvalue weighted by atomic mass is 16.7. The van der Waals surface area contributed by atoms with Gasteiger partial charge in [-0.2, -0.15) is 0 Å². The largest absolute Gasteiger partial charge is 0.494 e. The summed E-state index contributed by atoms with van der Waals surface area (Å²) >= 11 is 0. The minimum Gasteiger partial charge on any atom is -0.452 e. The lowest BCUT2D eigenvalue weighted by atomic mass is 9.79. The molecule has 3 heterocycles. The zero-order valence-corrected chi connectivity index (χ0v) is 22.1. The third kappa shape index (κ3) is 4.94. The molecule has 1 atom stereocenters. The van der Waals surface area contributed by atoms with Crippen LogP contribution in [0, 0.1) is 0 Å². The highest BCUT2D eigenvalue weighted by Gasteiger charge is 2.51. The predicted molar refractivity (Wildman–Crippen MR) is 136 cm³/mol. The van der Waals surface area contributed by atoms with Crippen LogP contribution in [0.25, 0.3) is 11.3 Å². The number of carbonyl (C=O) groups excluding carboxylic acids is 2. The number of likely N-dealkylation sites (tertiary alicyclic amines) is 1. The van der Waals surface area contributed by atoms with Gasteiger partial charge in [-0.3, -0.25) is 0 Å². The Hall–Kier alpha value is -3.05. The van der Waals surface area contributed by atoms with E-state index in [1.807, 2.05) is 65.8 Å². The molecule has 0 spiro atoms. The van der Waals surface area contributed by atoms with Gasteiger partial charge in [-0.1, -0.05) is 24.3 Å². The van der Waals surface area contributed by atoms with Gasteiger partial charge in [0.15, 0.2) is 0 Å². The molecule has 4 rings (SSSR count). The second-order valence-corrected chi connectivity index (χ2v) is 10.6. The number of amides is 3.